The van der Waals surface area contributed by atoms with Gasteiger partial charge in [-0.2, -0.15) is 5.10 Å². The normalized spacial score (nSPS) is 11.8. The third-order valence-electron chi connectivity index (χ3n) is 5.82. The molecule has 10 nitrogen and oxygen atoms in total. The molecule has 5 aromatic rings. The van der Waals surface area contributed by atoms with Crippen molar-refractivity contribution in [3.8, 4) is 17.2 Å². The number of anilines is 2. The monoisotopic (exact) mass is 566 g/mol. The largest absolute Gasteiger partial charge is 0.453 e. The maximum absolute atomic E-state index is 15.1. The van der Waals surface area contributed by atoms with E-state index in [-0.39, 0.29) is 40.4 Å². The molecular formula is C27H21ClF2N6O4. The number of amides is 1. The van der Waals surface area contributed by atoms with Crippen molar-refractivity contribution >= 4 is 40.0 Å². The number of aromatic nitrogens is 4. The Morgan fingerprint density at radius 1 is 1.15 bits per heavy atom. The second kappa shape index (κ2) is 11.1. The van der Waals surface area contributed by atoms with Crippen LogP contribution in [0, 0.1) is 11.6 Å². The van der Waals surface area contributed by atoms with Gasteiger partial charge in [0.1, 0.15) is 22.5 Å². The van der Waals surface area contributed by atoms with Crippen LogP contribution in [0.5, 0.6) is 11.5 Å². The number of nitrogens with zero attached hydrogens (tertiary/aromatic N) is 3. The third-order valence-corrected chi connectivity index (χ3v) is 6.03. The number of fused-ring (bicyclic) bond motifs is 1. The number of aliphatic hydroxyl groups excluding tert-OH is 1. The molecular weight excluding hydrogens is 546 g/mol. The van der Waals surface area contributed by atoms with E-state index in [4.69, 9.17) is 16.3 Å². The van der Waals surface area contributed by atoms with Crippen molar-refractivity contribution in [2.24, 2.45) is 0 Å². The van der Waals surface area contributed by atoms with Gasteiger partial charge in [0.05, 0.1) is 11.6 Å². The summed E-state index contributed by atoms with van der Waals surface area (Å²) in [5.74, 6) is -1.62. The van der Waals surface area contributed by atoms with Gasteiger partial charge in [0.25, 0.3) is 11.5 Å². The van der Waals surface area contributed by atoms with E-state index in [2.05, 4.69) is 25.8 Å². The molecule has 0 bridgehead atoms. The van der Waals surface area contributed by atoms with Gasteiger partial charge in [-0.25, -0.2) is 13.8 Å². The quantitative estimate of drug-likeness (QED) is 0.210. The summed E-state index contributed by atoms with van der Waals surface area (Å²) in [6.45, 7) is 1.62. The number of halogens is 3. The summed E-state index contributed by atoms with van der Waals surface area (Å²) in [5, 5.41) is 22.3. The number of carbonyl (C=O) groups is 1. The number of pyridine rings is 2. The van der Waals surface area contributed by atoms with Gasteiger partial charge in [0.15, 0.2) is 23.0 Å². The molecule has 0 aliphatic carbocycles. The Hall–Kier alpha value is -4.81. The van der Waals surface area contributed by atoms with Gasteiger partial charge >= 0.3 is 0 Å². The van der Waals surface area contributed by atoms with Crippen LogP contribution in [0.2, 0.25) is 5.02 Å². The molecule has 0 unspecified atom stereocenters. The van der Waals surface area contributed by atoms with Gasteiger partial charge in [0, 0.05) is 41.9 Å². The van der Waals surface area contributed by atoms with E-state index in [1.807, 2.05) is 0 Å². The number of H-pyrrole nitrogens is 1. The number of aromatic amines is 1. The van der Waals surface area contributed by atoms with E-state index in [1.165, 1.54) is 60.9 Å². The molecule has 0 spiro atoms. The zero-order valence-corrected chi connectivity index (χ0v) is 21.5. The van der Waals surface area contributed by atoms with E-state index >= 15 is 4.39 Å². The summed E-state index contributed by atoms with van der Waals surface area (Å²) in [5.41, 5.74) is -0.237. The minimum Gasteiger partial charge on any atom is -0.453 e. The molecule has 0 aliphatic heterocycles. The summed E-state index contributed by atoms with van der Waals surface area (Å²) in [4.78, 5) is 30.1. The van der Waals surface area contributed by atoms with Crippen molar-refractivity contribution in [1.82, 2.24) is 19.7 Å². The number of rotatable bonds is 8. The third kappa shape index (κ3) is 5.48. The zero-order valence-electron chi connectivity index (χ0n) is 20.8. The van der Waals surface area contributed by atoms with E-state index in [1.54, 1.807) is 6.92 Å². The fourth-order valence-electron chi connectivity index (χ4n) is 3.87. The van der Waals surface area contributed by atoms with Gasteiger partial charge in [-0.15, -0.1) is 0 Å². The predicted octanol–water partition coefficient (Wildman–Crippen LogP) is 4.88. The van der Waals surface area contributed by atoms with Gasteiger partial charge < -0.3 is 20.5 Å². The molecule has 0 aliphatic rings. The summed E-state index contributed by atoms with van der Waals surface area (Å²) in [6, 6.07) is 11.3. The first-order chi connectivity index (χ1) is 19.2. The van der Waals surface area contributed by atoms with Crippen LogP contribution in [0.4, 0.5) is 20.3 Å². The first-order valence-electron chi connectivity index (χ1n) is 11.9. The smallest absolute Gasteiger partial charge is 0.268 e. The molecule has 0 saturated heterocycles. The van der Waals surface area contributed by atoms with E-state index < -0.39 is 23.1 Å². The number of benzene rings is 2. The van der Waals surface area contributed by atoms with Crippen LogP contribution in [0.15, 0.2) is 71.8 Å². The standard InChI is InChI=1S/C27H21ClF2N6O4/c1-14(13-37)32-25-23-22(8-9-31-24(23)34-35-25)40-21-7-4-17(11-20(21)30)33-26(38)19-10-15(28)12-36(27(19)39)18-5-2-16(29)3-6-18/h2-12,14,37H,13H2,1H3,(H,33,38)(H2,31,32,34,35)/t14-/m1/s1. The summed E-state index contributed by atoms with van der Waals surface area (Å²) < 4.78 is 35.3. The molecule has 0 saturated carbocycles. The van der Waals surface area contributed by atoms with Crippen LogP contribution in [0.1, 0.15) is 17.3 Å². The highest BCUT2D eigenvalue weighted by molar-refractivity contribution is 6.31. The summed E-state index contributed by atoms with van der Waals surface area (Å²) >= 11 is 6.14. The molecule has 2 aromatic carbocycles. The highest BCUT2D eigenvalue weighted by Crippen LogP contribution is 2.34. The van der Waals surface area contributed by atoms with E-state index in [0.717, 1.165) is 10.6 Å². The Morgan fingerprint density at radius 3 is 2.65 bits per heavy atom. The topological polar surface area (TPSA) is 134 Å². The molecule has 0 radical (unpaired) electrons. The van der Waals surface area contributed by atoms with Crippen LogP contribution < -0.4 is 20.9 Å². The van der Waals surface area contributed by atoms with Gasteiger partial charge in [-0.1, -0.05) is 11.6 Å². The number of aliphatic hydroxyl groups is 1. The summed E-state index contributed by atoms with van der Waals surface area (Å²) in [7, 11) is 0. The maximum Gasteiger partial charge on any atom is 0.268 e. The lowest BCUT2D eigenvalue weighted by molar-refractivity contribution is 0.102. The highest BCUT2D eigenvalue weighted by Gasteiger charge is 2.18. The SMILES string of the molecule is C[C@H](CO)Nc1n[nH]c2nccc(Oc3ccc(NC(=O)c4cc(Cl)cn(-c5ccc(F)cc5)c4=O)cc3F)c12. The van der Waals surface area contributed by atoms with Crippen molar-refractivity contribution in [3.05, 3.63) is 99.6 Å². The Kier molecular flexibility index (Phi) is 7.45. The molecule has 3 heterocycles. The minimum absolute atomic E-state index is 0.0601. The fraction of sp³-hybridized carbons (Fsp3) is 0.111. The Morgan fingerprint density at radius 2 is 1.93 bits per heavy atom. The number of carbonyl (C=O) groups excluding carboxylic acids is 1. The number of ether oxygens (including phenoxy) is 1. The second-order valence-corrected chi connectivity index (χ2v) is 9.19. The van der Waals surface area contributed by atoms with Gasteiger partial charge in [-0.3, -0.25) is 19.3 Å². The lowest BCUT2D eigenvalue weighted by atomic mass is 10.2. The average Bonchev–Trinajstić information content (AvgIpc) is 3.35. The molecule has 1 amide bonds. The van der Waals surface area contributed by atoms with Crippen LogP contribution in [0.3, 0.4) is 0 Å². The van der Waals surface area contributed by atoms with Crippen molar-refractivity contribution in [3.63, 3.8) is 0 Å². The zero-order chi connectivity index (χ0) is 28.4. The molecule has 1 atom stereocenters. The van der Waals surface area contributed by atoms with Gasteiger partial charge in [0.2, 0.25) is 0 Å². The molecule has 4 N–H and O–H groups in total. The molecule has 3 aromatic heterocycles. The first-order valence-corrected chi connectivity index (χ1v) is 12.3. The fourth-order valence-corrected chi connectivity index (χ4v) is 4.08. The molecule has 5 rings (SSSR count). The van der Waals surface area contributed by atoms with Crippen LogP contribution in [0.25, 0.3) is 16.7 Å². The predicted molar refractivity (Wildman–Crippen MR) is 145 cm³/mol. The second-order valence-electron chi connectivity index (χ2n) is 8.76. The van der Waals surface area contributed by atoms with Crippen LogP contribution in [-0.2, 0) is 0 Å². The number of hydrogen-bond donors (Lipinski definition) is 4. The molecule has 13 heteroatoms. The first kappa shape index (κ1) is 26.8. The van der Waals surface area contributed by atoms with Crippen molar-refractivity contribution in [2.45, 2.75) is 13.0 Å². The molecule has 204 valence electrons. The lowest BCUT2D eigenvalue weighted by Crippen LogP contribution is -2.28. The van der Waals surface area contributed by atoms with Crippen molar-refractivity contribution in [2.75, 3.05) is 17.2 Å². The summed E-state index contributed by atoms with van der Waals surface area (Å²) in [6.07, 6.45) is 2.77. The Bertz CT molecular complexity index is 1770. The molecule has 40 heavy (non-hydrogen) atoms. The van der Waals surface area contributed by atoms with Crippen LogP contribution in [-0.4, -0.2) is 43.4 Å². The lowest BCUT2D eigenvalue weighted by Gasteiger charge is -2.13. The van der Waals surface area contributed by atoms with Crippen molar-refractivity contribution in [1.29, 1.82) is 0 Å². The highest BCUT2D eigenvalue weighted by atomic mass is 35.5. The van der Waals surface area contributed by atoms with Gasteiger partial charge in [-0.05, 0) is 49.4 Å². The Balaban J connectivity index is 1.38. The Labute approximate surface area is 230 Å². The number of hydrogen-bond acceptors (Lipinski definition) is 7. The minimum atomic E-state index is -0.820. The molecule has 0 fully saturated rings. The number of nitrogens with one attached hydrogen (secondary N) is 3. The van der Waals surface area contributed by atoms with E-state index in [0.29, 0.717) is 22.5 Å². The van der Waals surface area contributed by atoms with E-state index in [9.17, 15) is 19.1 Å². The average molecular weight is 567 g/mol. The van der Waals surface area contributed by atoms with Crippen LogP contribution >= 0.6 is 11.6 Å². The maximum atomic E-state index is 15.1. The van der Waals surface area contributed by atoms with Crippen molar-refractivity contribution < 1.29 is 23.4 Å².